The van der Waals surface area contributed by atoms with Crippen molar-refractivity contribution in [1.82, 2.24) is 0 Å². The van der Waals surface area contributed by atoms with Gasteiger partial charge in [-0.2, -0.15) is 0 Å². The van der Waals surface area contributed by atoms with E-state index in [1.54, 1.807) is 0 Å². The average Bonchev–Trinajstić information content (AvgIpc) is 2.57. The fourth-order valence-corrected chi connectivity index (χ4v) is 0.979. The highest BCUT2D eigenvalue weighted by molar-refractivity contribution is 5.07. The second-order valence-electron chi connectivity index (χ2n) is 2.49. The van der Waals surface area contributed by atoms with Gasteiger partial charge in [-0.25, -0.2) is 0 Å². The maximum atomic E-state index is 5.29. The fraction of sp³-hybridized carbons (Fsp3) is 0.600. The van der Waals surface area contributed by atoms with Gasteiger partial charge in [-0.15, -0.1) is 6.42 Å². The highest BCUT2D eigenvalue weighted by atomic mass is 16.7. The molecule has 0 aromatic heterocycles. The molecule has 0 amide bonds. The van der Waals surface area contributed by atoms with Crippen molar-refractivity contribution < 1.29 is 9.47 Å². The molecule has 1 aliphatic rings. The van der Waals surface area contributed by atoms with Crippen LogP contribution in [0.5, 0.6) is 0 Å². The van der Waals surface area contributed by atoms with E-state index in [0.29, 0.717) is 13.0 Å². The minimum absolute atomic E-state index is 0.0369. The predicted octanol–water partition coefficient (Wildman–Crippen LogP) is 1.17. The maximum Gasteiger partial charge on any atom is 0.158 e. The molecule has 0 aliphatic carbocycles. The van der Waals surface area contributed by atoms with E-state index in [1.807, 2.05) is 0 Å². The molecule has 1 heterocycles. The van der Waals surface area contributed by atoms with Crippen molar-refractivity contribution in [2.45, 2.75) is 25.6 Å². The summed E-state index contributed by atoms with van der Waals surface area (Å²) in [6.45, 7) is 1.23. The standard InChI is InChI=1S/C10H12O2/c1-2-3-4-5-8-11-10-7-6-9-12-10/h1,10H,3,6-9H2. The van der Waals surface area contributed by atoms with Crippen LogP contribution in [0.3, 0.4) is 0 Å². The monoisotopic (exact) mass is 164 g/mol. The van der Waals surface area contributed by atoms with Crippen LogP contribution >= 0.6 is 0 Å². The average molecular weight is 164 g/mol. The Balaban J connectivity index is 2.03. The Bertz CT molecular complexity index is 210. The molecule has 0 spiro atoms. The molecular weight excluding hydrogens is 152 g/mol. The van der Waals surface area contributed by atoms with Crippen molar-refractivity contribution in [2.24, 2.45) is 0 Å². The van der Waals surface area contributed by atoms with Gasteiger partial charge in [-0.1, -0.05) is 17.8 Å². The summed E-state index contributed by atoms with van der Waals surface area (Å²) in [5.41, 5.74) is 0. The van der Waals surface area contributed by atoms with Crippen molar-refractivity contribution in [3.8, 4) is 24.2 Å². The molecule has 1 saturated heterocycles. The first kappa shape index (κ1) is 9.13. The van der Waals surface area contributed by atoms with E-state index in [9.17, 15) is 0 Å². The lowest BCUT2D eigenvalue weighted by atomic mass is 10.4. The molecule has 2 nitrogen and oxygen atoms in total. The molecule has 0 bridgehead atoms. The minimum atomic E-state index is -0.0369. The molecule has 1 unspecified atom stereocenters. The van der Waals surface area contributed by atoms with Crippen LogP contribution in [0.4, 0.5) is 0 Å². The van der Waals surface area contributed by atoms with Gasteiger partial charge in [0.15, 0.2) is 6.29 Å². The summed E-state index contributed by atoms with van der Waals surface area (Å²) in [5, 5.41) is 0. The van der Waals surface area contributed by atoms with Crippen LogP contribution in [0.1, 0.15) is 19.3 Å². The third-order valence-electron chi connectivity index (χ3n) is 1.54. The van der Waals surface area contributed by atoms with E-state index < -0.39 is 0 Å². The zero-order valence-corrected chi connectivity index (χ0v) is 7.01. The largest absolute Gasteiger partial charge is 0.353 e. The molecule has 0 aromatic carbocycles. The van der Waals surface area contributed by atoms with Crippen molar-refractivity contribution in [3.63, 3.8) is 0 Å². The van der Waals surface area contributed by atoms with Gasteiger partial charge in [0, 0.05) is 13.0 Å². The van der Waals surface area contributed by atoms with Crippen LogP contribution < -0.4 is 0 Å². The third-order valence-corrected chi connectivity index (χ3v) is 1.54. The first-order valence-electron chi connectivity index (χ1n) is 4.06. The molecule has 1 fully saturated rings. The van der Waals surface area contributed by atoms with Crippen LogP contribution in [-0.2, 0) is 9.47 Å². The summed E-state index contributed by atoms with van der Waals surface area (Å²) < 4.78 is 10.5. The first-order chi connectivity index (χ1) is 5.93. The van der Waals surface area contributed by atoms with Gasteiger partial charge < -0.3 is 9.47 Å². The van der Waals surface area contributed by atoms with E-state index in [1.165, 1.54) is 0 Å². The van der Waals surface area contributed by atoms with Gasteiger partial charge in [-0.05, 0) is 6.42 Å². The van der Waals surface area contributed by atoms with Crippen molar-refractivity contribution in [2.75, 3.05) is 13.2 Å². The lowest BCUT2D eigenvalue weighted by molar-refractivity contribution is -0.0996. The molecule has 0 N–H and O–H groups in total. The van der Waals surface area contributed by atoms with E-state index >= 15 is 0 Å². The molecule has 0 aromatic rings. The van der Waals surface area contributed by atoms with E-state index in [4.69, 9.17) is 15.9 Å². The normalized spacial score (nSPS) is 21.1. The van der Waals surface area contributed by atoms with Crippen LogP contribution in [0.25, 0.3) is 0 Å². The molecule has 1 rings (SSSR count). The van der Waals surface area contributed by atoms with E-state index in [-0.39, 0.29) is 6.29 Å². The molecule has 1 aliphatic heterocycles. The summed E-state index contributed by atoms with van der Waals surface area (Å²) in [4.78, 5) is 0. The number of hydrogen-bond donors (Lipinski definition) is 0. The number of rotatable bonds is 2. The third kappa shape index (κ3) is 3.44. The zero-order chi connectivity index (χ0) is 8.65. The van der Waals surface area contributed by atoms with Crippen LogP contribution in [0.2, 0.25) is 0 Å². The Kier molecular flexibility index (Phi) is 4.31. The quantitative estimate of drug-likeness (QED) is 0.570. The Morgan fingerprint density at radius 3 is 3.08 bits per heavy atom. The summed E-state index contributed by atoms with van der Waals surface area (Å²) in [6.07, 6.45) is 7.54. The highest BCUT2D eigenvalue weighted by Gasteiger charge is 2.14. The summed E-state index contributed by atoms with van der Waals surface area (Å²) in [6, 6.07) is 0. The van der Waals surface area contributed by atoms with Crippen LogP contribution in [0, 0.1) is 24.2 Å². The molecule has 0 radical (unpaired) electrons. The number of hydrogen-bond acceptors (Lipinski definition) is 2. The predicted molar refractivity (Wildman–Crippen MR) is 46.2 cm³/mol. The number of ether oxygens (including phenoxy) is 2. The first-order valence-corrected chi connectivity index (χ1v) is 4.06. The Morgan fingerprint density at radius 2 is 2.42 bits per heavy atom. The van der Waals surface area contributed by atoms with Gasteiger partial charge in [0.05, 0.1) is 6.42 Å². The van der Waals surface area contributed by atoms with Crippen LogP contribution in [-0.4, -0.2) is 19.5 Å². The van der Waals surface area contributed by atoms with Gasteiger partial charge in [-0.3, -0.25) is 0 Å². The van der Waals surface area contributed by atoms with Gasteiger partial charge in [0.25, 0.3) is 0 Å². The Morgan fingerprint density at radius 1 is 1.50 bits per heavy atom. The smallest absolute Gasteiger partial charge is 0.158 e. The van der Waals surface area contributed by atoms with E-state index in [0.717, 1.165) is 19.4 Å². The second kappa shape index (κ2) is 5.66. The summed E-state index contributed by atoms with van der Waals surface area (Å²) >= 11 is 0. The fourth-order valence-electron chi connectivity index (χ4n) is 0.979. The number of terminal acetylenes is 1. The zero-order valence-electron chi connectivity index (χ0n) is 7.01. The van der Waals surface area contributed by atoms with Crippen LogP contribution in [0.15, 0.2) is 0 Å². The maximum absolute atomic E-state index is 5.29. The van der Waals surface area contributed by atoms with Crippen molar-refractivity contribution in [3.05, 3.63) is 0 Å². The van der Waals surface area contributed by atoms with E-state index in [2.05, 4.69) is 17.8 Å². The lowest BCUT2D eigenvalue weighted by Gasteiger charge is -2.06. The van der Waals surface area contributed by atoms with Crippen molar-refractivity contribution in [1.29, 1.82) is 0 Å². The molecule has 1 atom stereocenters. The Labute approximate surface area is 73.2 Å². The molecule has 64 valence electrons. The van der Waals surface area contributed by atoms with Gasteiger partial charge >= 0.3 is 0 Å². The SMILES string of the molecule is C#CCC#CCOC1CCCO1. The topological polar surface area (TPSA) is 18.5 Å². The molecule has 12 heavy (non-hydrogen) atoms. The summed E-state index contributed by atoms with van der Waals surface area (Å²) in [5.74, 6) is 8.05. The summed E-state index contributed by atoms with van der Waals surface area (Å²) in [7, 11) is 0. The minimum Gasteiger partial charge on any atom is -0.353 e. The Hall–Kier alpha value is -0.960. The molecular formula is C10H12O2. The molecule has 2 heteroatoms. The van der Waals surface area contributed by atoms with Gasteiger partial charge in [0.1, 0.15) is 6.61 Å². The lowest BCUT2D eigenvalue weighted by Crippen LogP contribution is -2.10. The molecule has 0 saturated carbocycles. The highest BCUT2D eigenvalue weighted by Crippen LogP contribution is 2.12. The second-order valence-corrected chi connectivity index (χ2v) is 2.49. The van der Waals surface area contributed by atoms with Crippen molar-refractivity contribution >= 4 is 0 Å². The van der Waals surface area contributed by atoms with Gasteiger partial charge in [0.2, 0.25) is 0 Å².